The van der Waals surface area contributed by atoms with Crippen LogP contribution in [0.4, 0.5) is 0 Å². The van der Waals surface area contributed by atoms with Gasteiger partial charge in [-0.2, -0.15) is 0 Å². The number of amides is 1. The number of nitrogens with two attached hydrogens (primary N) is 1. The zero-order valence-corrected chi connectivity index (χ0v) is 14.3. The van der Waals surface area contributed by atoms with Crippen LogP contribution in [0.5, 0.6) is 0 Å². The molecule has 128 valence electrons. The van der Waals surface area contributed by atoms with Crippen LogP contribution in [0.15, 0.2) is 6.20 Å². The number of rotatable bonds is 6. The molecule has 0 bridgehead atoms. The minimum atomic E-state index is -0.354. The number of carbonyl (C=O) groups excluding carboxylic acids is 1. The lowest BCUT2D eigenvalue weighted by Crippen LogP contribution is -2.49. The van der Waals surface area contributed by atoms with Crippen LogP contribution >= 0.6 is 0 Å². The van der Waals surface area contributed by atoms with E-state index in [4.69, 9.17) is 5.73 Å². The summed E-state index contributed by atoms with van der Waals surface area (Å²) in [5.74, 6) is 1.60. The van der Waals surface area contributed by atoms with Crippen molar-refractivity contribution in [3.8, 4) is 0 Å². The van der Waals surface area contributed by atoms with E-state index in [9.17, 15) is 4.79 Å². The summed E-state index contributed by atoms with van der Waals surface area (Å²) in [5, 5.41) is 8.53. The molecule has 0 spiro atoms. The van der Waals surface area contributed by atoms with Gasteiger partial charge >= 0.3 is 0 Å². The molecule has 1 amide bonds. The molecule has 0 radical (unpaired) electrons. The topological polar surface area (TPSA) is 77.0 Å². The second kappa shape index (κ2) is 6.99. The summed E-state index contributed by atoms with van der Waals surface area (Å²) in [6.07, 6.45) is 7.62. The van der Waals surface area contributed by atoms with Crippen LogP contribution in [0.2, 0.25) is 0 Å². The third-order valence-corrected chi connectivity index (χ3v) is 5.47. The molecule has 2 fully saturated rings. The minimum Gasteiger partial charge on any atom is -0.341 e. The molecule has 3 rings (SSSR count). The van der Waals surface area contributed by atoms with Crippen molar-refractivity contribution in [3.63, 3.8) is 0 Å². The highest BCUT2D eigenvalue weighted by atomic mass is 16.2. The highest BCUT2D eigenvalue weighted by Crippen LogP contribution is 2.38. The summed E-state index contributed by atoms with van der Waals surface area (Å²) in [7, 11) is 0. The van der Waals surface area contributed by atoms with Crippen molar-refractivity contribution < 1.29 is 4.79 Å². The number of piperidine rings is 1. The van der Waals surface area contributed by atoms with Gasteiger partial charge in [-0.15, -0.1) is 5.10 Å². The first-order valence-corrected chi connectivity index (χ1v) is 9.02. The molecule has 2 heterocycles. The average Bonchev–Trinajstić information content (AvgIpc) is 3.33. The van der Waals surface area contributed by atoms with Gasteiger partial charge < -0.3 is 10.6 Å². The van der Waals surface area contributed by atoms with Crippen molar-refractivity contribution in [2.24, 2.45) is 17.6 Å². The van der Waals surface area contributed by atoms with Crippen LogP contribution in [0.25, 0.3) is 0 Å². The van der Waals surface area contributed by atoms with Gasteiger partial charge in [-0.3, -0.25) is 9.48 Å². The van der Waals surface area contributed by atoms with E-state index < -0.39 is 0 Å². The number of likely N-dealkylation sites (tertiary alicyclic amines) is 1. The molecule has 6 heteroatoms. The maximum absolute atomic E-state index is 12.4. The Morgan fingerprint density at radius 3 is 2.65 bits per heavy atom. The van der Waals surface area contributed by atoms with Crippen molar-refractivity contribution in [1.29, 1.82) is 0 Å². The highest BCUT2D eigenvalue weighted by molar-refractivity contribution is 5.82. The Balaban J connectivity index is 1.46. The molecule has 1 aromatic rings. The molecule has 2 atom stereocenters. The number of nitrogens with zero attached hydrogens (tertiary/aromatic N) is 4. The lowest BCUT2D eigenvalue weighted by molar-refractivity contribution is -0.135. The number of hydrogen-bond donors (Lipinski definition) is 1. The quantitative estimate of drug-likeness (QED) is 0.867. The second-order valence-electron chi connectivity index (χ2n) is 7.32. The van der Waals surface area contributed by atoms with Gasteiger partial charge in [-0.1, -0.05) is 25.5 Å². The van der Waals surface area contributed by atoms with Gasteiger partial charge in [-0.05, 0) is 37.5 Å². The maximum atomic E-state index is 12.4. The molecule has 1 saturated carbocycles. The number of hydrogen-bond acceptors (Lipinski definition) is 4. The molecular weight excluding hydrogens is 290 g/mol. The SMILES string of the molecule is CC[C@H](C)[C@H](N)C(=O)N1CCC(Cn2cc(C3CC3)nn2)CC1. The van der Waals surface area contributed by atoms with Crippen LogP contribution in [0.1, 0.15) is 57.6 Å². The van der Waals surface area contributed by atoms with Gasteiger partial charge in [-0.25, -0.2) is 0 Å². The van der Waals surface area contributed by atoms with E-state index in [1.54, 1.807) is 0 Å². The summed E-state index contributed by atoms with van der Waals surface area (Å²) < 4.78 is 1.99. The molecule has 1 aliphatic heterocycles. The van der Waals surface area contributed by atoms with Crippen LogP contribution in [-0.4, -0.2) is 44.9 Å². The fourth-order valence-corrected chi connectivity index (χ4v) is 3.28. The lowest BCUT2D eigenvalue weighted by atomic mass is 9.94. The van der Waals surface area contributed by atoms with Crippen LogP contribution in [0, 0.1) is 11.8 Å². The van der Waals surface area contributed by atoms with Crippen LogP contribution < -0.4 is 5.73 Å². The molecule has 1 aliphatic carbocycles. The predicted octanol–water partition coefficient (Wildman–Crippen LogP) is 1.77. The molecule has 0 unspecified atom stereocenters. The summed E-state index contributed by atoms with van der Waals surface area (Å²) in [6, 6.07) is -0.354. The Morgan fingerprint density at radius 2 is 2.04 bits per heavy atom. The normalized spacial score (nSPS) is 22.1. The molecular formula is C17H29N5O. The van der Waals surface area contributed by atoms with Crippen molar-refractivity contribution >= 4 is 5.91 Å². The van der Waals surface area contributed by atoms with E-state index in [1.807, 2.05) is 9.58 Å². The van der Waals surface area contributed by atoms with E-state index in [0.29, 0.717) is 11.8 Å². The monoisotopic (exact) mass is 319 g/mol. The zero-order valence-electron chi connectivity index (χ0n) is 14.3. The summed E-state index contributed by atoms with van der Waals surface area (Å²) in [5.41, 5.74) is 7.23. The average molecular weight is 319 g/mol. The zero-order chi connectivity index (χ0) is 16.4. The van der Waals surface area contributed by atoms with Gasteiger partial charge in [0.25, 0.3) is 0 Å². The van der Waals surface area contributed by atoms with E-state index >= 15 is 0 Å². The standard InChI is InChI=1S/C17H29N5O/c1-3-12(2)16(18)17(23)21-8-6-13(7-9-21)10-22-11-15(19-20-22)14-4-5-14/h11-14,16H,3-10,18H2,1-2H3/t12-,16-/m0/s1. The third kappa shape index (κ3) is 3.91. The molecule has 2 aliphatic rings. The molecule has 23 heavy (non-hydrogen) atoms. The summed E-state index contributed by atoms with van der Waals surface area (Å²) in [4.78, 5) is 14.4. The first-order chi connectivity index (χ1) is 11.1. The van der Waals surface area contributed by atoms with Gasteiger partial charge in [0.05, 0.1) is 11.7 Å². The van der Waals surface area contributed by atoms with E-state index in [-0.39, 0.29) is 17.9 Å². The van der Waals surface area contributed by atoms with Crippen molar-refractivity contribution in [3.05, 3.63) is 11.9 Å². The number of carbonyl (C=O) groups is 1. The fraction of sp³-hybridized carbons (Fsp3) is 0.824. The molecule has 0 aromatic carbocycles. The Hall–Kier alpha value is -1.43. The van der Waals surface area contributed by atoms with E-state index in [0.717, 1.165) is 44.6 Å². The Bertz CT molecular complexity index is 531. The van der Waals surface area contributed by atoms with Gasteiger partial charge in [0.15, 0.2) is 0 Å². The van der Waals surface area contributed by atoms with E-state index in [2.05, 4.69) is 30.4 Å². The van der Waals surface area contributed by atoms with Crippen LogP contribution in [-0.2, 0) is 11.3 Å². The summed E-state index contributed by atoms with van der Waals surface area (Å²) >= 11 is 0. The van der Waals surface area contributed by atoms with E-state index in [1.165, 1.54) is 12.8 Å². The second-order valence-corrected chi connectivity index (χ2v) is 7.32. The molecule has 1 saturated heterocycles. The van der Waals surface area contributed by atoms with Gasteiger partial charge in [0, 0.05) is 31.7 Å². The molecule has 1 aromatic heterocycles. The van der Waals surface area contributed by atoms with Gasteiger partial charge in [0.2, 0.25) is 5.91 Å². The maximum Gasteiger partial charge on any atom is 0.239 e. The summed E-state index contributed by atoms with van der Waals surface area (Å²) in [6.45, 7) is 6.68. The predicted molar refractivity (Wildman–Crippen MR) is 88.7 cm³/mol. The molecule has 2 N–H and O–H groups in total. The Morgan fingerprint density at radius 1 is 1.35 bits per heavy atom. The smallest absolute Gasteiger partial charge is 0.239 e. The highest BCUT2D eigenvalue weighted by Gasteiger charge is 2.30. The van der Waals surface area contributed by atoms with Crippen molar-refractivity contribution in [2.45, 2.75) is 64.5 Å². The number of aromatic nitrogens is 3. The third-order valence-electron chi connectivity index (χ3n) is 5.47. The fourth-order valence-electron chi connectivity index (χ4n) is 3.28. The van der Waals surface area contributed by atoms with Gasteiger partial charge in [0.1, 0.15) is 0 Å². The van der Waals surface area contributed by atoms with Crippen molar-refractivity contribution in [2.75, 3.05) is 13.1 Å². The first-order valence-electron chi connectivity index (χ1n) is 9.02. The Labute approximate surface area is 138 Å². The molecule has 6 nitrogen and oxygen atoms in total. The Kier molecular flexibility index (Phi) is 4.99. The minimum absolute atomic E-state index is 0.120. The van der Waals surface area contributed by atoms with Crippen LogP contribution in [0.3, 0.4) is 0 Å². The lowest BCUT2D eigenvalue weighted by Gasteiger charge is -2.34. The van der Waals surface area contributed by atoms with Crippen molar-refractivity contribution in [1.82, 2.24) is 19.9 Å². The first kappa shape index (κ1) is 16.4. The largest absolute Gasteiger partial charge is 0.341 e.